The van der Waals surface area contributed by atoms with Gasteiger partial charge in [-0.2, -0.15) is 5.26 Å². The van der Waals surface area contributed by atoms with Crippen LogP contribution in [0.15, 0.2) is 49.2 Å². The first-order valence-corrected chi connectivity index (χ1v) is 6.23. The second-order valence-corrected chi connectivity index (χ2v) is 4.05. The SMILES string of the molecule is C=CCNC(=O)c1ccnc(Nc2ccccc2C#N)n1. The highest BCUT2D eigenvalue weighted by molar-refractivity contribution is 5.92. The van der Waals surface area contributed by atoms with Crippen molar-refractivity contribution in [3.63, 3.8) is 0 Å². The summed E-state index contributed by atoms with van der Waals surface area (Å²) >= 11 is 0. The number of hydrogen-bond acceptors (Lipinski definition) is 5. The number of nitrogens with zero attached hydrogens (tertiary/aromatic N) is 3. The van der Waals surface area contributed by atoms with Crippen molar-refractivity contribution in [1.82, 2.24) is 15.3 Å². The molecule has 2 rings (SSSR count). The molecule has 1 amide bonds. The number of rotatable bonds is 5. The number of carbonyl (C=O) groups is 1. The molecule has 6 nitrogen and oxygen atoms in total. The van der Waals surface area contributed by atoms with E-state index in [1.165, 1.54) is 12.3 Å². The molecule has 0 aliphatic rings. The third-order valence-electron chi connectivity index (χ3n) is 2.59. The van der Waals surface area contributed by atoms with Crippen molar-refractivity contribution in [2.24, 2.45) is 0 Å². The van der Waals surface area contributed by atoms with E-state index in [2.05, 4.69) is 33.2 Å². The average molecular weight is 279 g/mol. The van der Waals surface area contributed by atoms with Crippen LogP contribution in [0.3, 0.4) is 0 Å². The first-order valence-electron chi connectivity index (χ1n) is 6.23. The summed E-state index contributed by atoms with van der Waals surface area (Å²) in [5.74, 6) is -0.0575. The molecule has 0 saturated heterocycles. The summed E-state index contributed by atoms with van der Waals surface area (Å²) in [6, 6.07) is 10.6. The minimum absolute atomic E-state index is 0.240. The maximum atomic E-state index is 11.8. The Morgan fingerprint density at radius 2 is 2.19 bits per heavy atom. The van der Waals surface area contributed by atoms with E-state index in [1.807, 2.05) is 0 Å². The summed E-state index contributed by atoms with van der Waals surface area (Å²) < 4.78 is 0. The minimum atomic E-state index is -0.311. The third kappa shape index (κ3) is 3.64. The Balaban J connectivity index is 2.20. The normalized spacial score (nSPS) is 9.48. The van der Waals surface area contributed by atoms with Crippen LogP contribution in [0, 0.1) is 11.3 Å². The quantitative estimate of drug-likeness (QED) is 0.817. The average Bonchev–Trinajstić information content (AvgIpc) is 2.53. The van der Waals surface area contributed by atoms with E-state index in [9.17, 15) is 4.79 Å². The fourth-order valence-corrected chi connectivity index (χ4v) is 1.61. The van der Waals surface area contributed by atoms with Crippen LogP contribution < -0.4 is 10.6 Å². The van der Waals surface area contributed by atoms with Crippen molar-refractivity contribution in [2.75, 3.05) is 11.9 Å². The number of benzene rings is 1. The number of nitrogens with one attached hydrogen (secondary N) is 2. The lowest BCUT2D eigenvalue weighted by Gasteiger charge is -2.07. The largest absolute Gasteiger partial charge is 0.347 e. The second-order valence-electron chi connectivity index (χ2n) is 4.05. The number of carbonyl (C=O) groups excluding carboxylic acids is 1. The summed E-state index contributed by atoms with van der Waals surface area (Å²) in [5.41, 5.74) is 1.30. The Bertz CT molecular complexity index is 705. The number of nitriles is 1. The molecule has 0 spiro atoms. The molecule has 2 aromatic rings. The third-order valence-corrected chi connectivity index (χ3v) is 2.59. The Labute approximate surface area is 122 Å². The molecule has 6 heteroatoms. The molecule has 0 aliphatic heterocycles. The Hall–Kier alpha value is -3.20. The summed E-state index contributed by atoms with van der Waals surface area (Å²) in [6.45, 7) is 3.89. The van der Waals surface area contributed by atoms with Gasteiger partial charge in [0, 0.05) is 12.7 Å². The summed E-state index contributed by atoms with van der Waals surface area (Å²) in [4.78, 5) is 20.0. The zero-order valence-corrected chi connectivity index (χ0v) is 11.2. The lowest BCUT2D eigenvalue weighted by Crippen LogP contribution is -2.24. The standard InChI is InChI=1S/C15H13N5O/c1-2-8-17-14(21)13-7-9-18-15(20-13)19-12-6-4-3-5-11(12)10-16/h2-7,9H,1,8H2,(H,17,21)(H,18,19,20). The molecule has 0 saturated carbocycles. The van der Waals surface area contributed by atoms with Gasteiger partial charge in [-0.15, -0.1) is 6.58 Å². The smallest absolute Gasteiger partial charge is 0.270 e. The zero-order valence-electron chi connectivity index (χ0n) is 11.2. The van der Waals surface area contributed by atoms with Gasteiger partial charge in [0.15, 0.2) is 0 Å². The van der Waals surface area contributed by atoms with Crippen LogP contribution in [0.2, 0.25) is 0 Å². The molecule has 0 radical (unpaired) electrons. The van der Waals surface area contributed by atoms with Crippen molar-refractivity contribution in [1.29, 1.82) is 5.26 Å². The number of aromatic nitrogens is 2. The van der Waals surface area contributed by atoms with Crippen molar-refractivity contribution in [3.8, 4) is 6.07 Å². The van der Waals surface area contributed by atoms with Crippen LogP contribution in [0.1, 0.15) is 16.1 Å². The highest BCUT2D eigenvalue weighted by atomic mass is 16.1. The molecule has 0 unspecified atom stereocenters. The zero-order chi connectivity index (χ0) is 15.1. The maximum Gasteiger partial charge on any atom is 0.270 e. The van der Waals surface area contributed by atoms with Crippen molar-refractivity contribution in [2.45, 2.75) is 0 Å². The fraction of sp³-hybridized carbons (Fsp3) is 0.0667. The molecule has 1 aromatic heterocycles. The van der Waals surface area contributed by atoms with Crippen LogP contribution in [0.4, 0.5) is 11.6 Å². The topological polar surface area (TPSA) is 90.7 Å². The number of hydrogen-bond donors (Lipinski definition) is 2. The summed E-state index contributed by atoms with van der Waals surface area (Å²) in [6.07, 6.45) is 3.06. The molecule has 0 aliphatic carbocycles. The van der Waals surface area contributed by atoms with Gasteiger partial charge in [0.25, 0.3) is 5.91 Å². The van der Waals surface area contributed by atoms with Gasteiger partial charge < -0.3 is 10.6 Å². The minimum Gasteiger partial charge on any atom is -0.347 e. The lowest BCUT2D eigenvalue weighted by atomic mass is 10.2. The Kier molecular flexibility index (Phi) is 4.62. The van der Waals surface area contributed by atoms with Crippen molar-refractivity contribution in [3.05, 3.63) is 60.4 Å². The van der Waals surface area contributed by atoms with E-state index in [4.69, 9.17) is 5.26 Å². The number of amides is 1. The lowest BCUT2D eigenvalue weighted by molar-refractivity contribution is 0.0953. The molecule has 21 heavy (non-hydrogen) atoms. The van der Waals surface area contributed by atoms with Gasteiger partial charge in [0.05, 0.1) is 11.3 Å². The first kappa shape index (κ1) is 14.2. The van der Waals surface area contributed by atoms with E-state index >= 15 is 0 Å². The van der Waals surface area contributed by atoms with Gasteiger partial charge in [0.2, 0.25) is 5.95 Å². The van der Waals surface area contributed by atoms with Gasteiger partial charge >= 0.3 is 0 Å². The van der Waals surface area contributed by atoms with Gasteiger partial charge in [0.1, 0.15) is 11.8 Å². The molecular formula is C15H13N5O. The van der Waals surface area contributed by atoms with E-state index in [0.29, 0.717) is 17.8 Å². The molecule has 1 heterocycles. The van der Waals surface area contributed by atoms with Crippen LogP contribution in [0.5, 0.6) is 0 Å². The predicted octanol–water partition coefficient (Wildman–Crippen LogP) is 2.01. The van der Waals surface area contributed by atoms with Crippen molar-refractivity contribution >= 4 is 17.5 Å². The first-order chi connectivity index (χ1) is 10.2. The molecule has 0 bridgehead atoms. The van der Waals surface area contributed by atoms with Gasteiger partial charge in [-0.05, 0) is 18.2 Å². The van der Waals surface area contributed by atoms with Crippen LogP contribution in [-0.2, 0) is 0 Å². The fourth-order valence-electron chi connectivity index (χ4n) is 1.61. The monoisotopic (exact) mass is 279 g/mol. The van der Waals surface area contributed by atoms with E-state index in [1.54, 1.807) is 30.3 Å². The maximum absolute atomic E-state index is 11.8. The van der Waals surface area contributed by atoms with Crippen molar-refractivity contribution < 1.29 is 4.79 Å². The highest BCUT2D eigenvalue weighted by Gasteiger charge is 2.09. The molecule has 1 aromatic carbocycles. The predicted molar refractivity (Wildman–Crippen MR) is 79.0 cm³/mol. The highest BCUT2D eigenvalue weighted by Crippen LogP contribution is 2.17. The summed E-state index contributed by atoms with van der Waals surface area (Å²) in [5, 5.41) is 14.6. The van der Waals surface area contributed by atoms with Crippen LogP contribution in [-0.4, -0.2) is 22.4 Å². The van der Waals surface area contributed by atoms with E-state index in [-0.39, 0.29) is 17.5 Å². The number of para-hydroxylation sites is 1. The van der Waals surface area contributed by atoms with Gasteiger partial charge in [-0.1, -0.05) is 18.2 Å². The molecular weight excluding hydrogens is 266 g/mol. The van der Waals surface area contributed by atoms with Gasteiger partial charge in [-0.3, -0.25) is 4.79 Å². The summed E-state index contributed by atoms with van der Waals surface area (Å²) in [7, 11) is 0. The molecule has 0 atom stereocenters. The van der Waals surface area contributed by atoms with Crippen LogP contribution >= 0.6 is 0 Å². The Morgan fingerprint density at radius 3 is 2.95 bits per heavy atom. The second kappa shape index (κ2) is 6.82. The molecule has 0 fully saturated rings. The van der Waals surface area contributed by atoms with E-state index < -0.39 is 0 Å². The van der Waals surface area contributed by atoms with Gasteiger partial charge in [-0.25, -0.2) is 9.97 Å². The number of anilines is 2. The molecule has 2 N–H and O–H groups in total. The molecule has 104 valence electrons. The van der Waals surface area contributed by atoms with E-state index in [0.717, 1.165) is 0 Å². The van der Waals surface area contributed by atoms with Crippen LogP contribution in [0.25, 0.3) is 0 Å². The Morgan fingerprint density at radius 1 is 1.38 bits per heavy atom.